The van der Waals surface area contributed by atoms with Gasteiger partial charge in [-0.1, -0.05) is 83.3 Å². The Hall–Kier alpha value is -7.13. The lowest BCUT2D eigenvalue weighted by molar-refractivity contribution is -0.142. The average Bonchev–Trinajstić information content (AvgIpc) is 3.96. The van der Waals surface area contributed by atoms with Crippen LogP contribution in [0.25, 0.3) is 0 Å². The molecule has 25 nitrogen and oxygen atoms in total. The normalized spacial score (nSPS) is 22.8. The zero-order valence-corrected chi connectivity index (χ0v) is 46.1. The molecule has 2 aromatic rings. The summed E-state index contributed by atoms with van der Waals surface area (Å²) >= 11 is 0. The van der Waals surface area contributed by atoms with Crippen molar-refractivity contribution < 1.29 is 52.7 Å². The quantitative estimate of drug-likeness (QED) is 0.0299. The highest BCUT2D eigenvalue weighted by atomic mass is 33.1. The largest absolute Gasteiger partial charge is 0.497 e. The molecule has 7 atom stereocenters. The maximum atomic E-state index is 15.0. The zero-order chi connectivity index (χ0) is 57.5. The number of hydrogen-bond acceptors (Lipinski definition) is 15. The summed E-state index contributed by atoms with van der Waals surface area (Å²) in [6, 6.07) is 6.13. The smallest absolute Gasteiger partial charge is 0.246 e. The van der Waals surface area contributed by atoms with E-state index in [1.807, 2.05) is 0 Å². The monoisotopic (exact) mass is 1140 g/mol. The second-order valence-electron chi connectivity index (χ2n) is 19.8. The molecule has 2 heterocycles. The Bertz CT molecular complexity index is 2480. The third kappa shape index (κ3) is 20.2. The summed E-state index contributed by atoms with van der Waals surface area (Å²) in [6.45, 7) is 0.527. The van der Waals surface area contributed by atoms with Gasteiger partial charge in [0.2, 0.25) is 59.1 Å². The summed E-state index contributed by atoms with van der Waals surface area (Å²) < 4.78 is 4.62. The van der Waals surface area contributed by atoms with Crippen molar-refractivity contribution in [2.24, 2.45) is 33.7 Å². The molecule has 27 heteroatoms. The van der Waals surface area contributed by atoms with Gasteiger partial charge in [0.15, 0.2) is 5.96 Å². The van der Waals surface area contributed by atoms with E-state index in [9.17, 15) is 47.9 Å². The molecule has 0 aromatic heterocycles. The molecule has 17 N–H and O–H groups in total. The average molecular weight is 1140 g/mol. The van der Waals surface area contributed by atoms with Gasteiger partial charge < -0.3 is 75.5 Å². The molecule has 0 radical (unpaired) electrons. The minimum atomic E-state index is -1.74. The molecule has 2 aliphatic heterocycles. The summed E-state index contributed by atoms with van der Waals surface area (Å²) in [5.41, 5.74) is 29.0. The lowest BCUT2D eigenvalue weighted by Gasteiger charge is -2.37. The molecule has 1 spiro atoms. The van der Waals surface area contributed by atoms with E-state index >= 15 is 0 Å². The third-order valence-corrected chi connectivity index (χ3v) is 17.0. The molecule has 10 amide bonds. The van der Waals surface area contributed by atoms with Crippen LogP contribution in [0.1, 0.15) is 94.6 Å². The van der Waals surface area contributed by atoms with Gasteiger partial charge in [-0.15, -0.1) is 0 Å². The van der Waals surface area contributed by atoms with E-state index in [1.54, 1.807) is 54.6 Å². The fourth-order valence-corrected chi connectivity index (χ4v) is 13.0. The van der Waals surface area contributed by atoms with Crippen LogP contribution in [0, 0.1) is 0 Å². The highest BCUT2D eigenvalue weighted by molar-refractivity contribution is 8.77. The lowest BCUT2D eigenvalue weighted by atomic mass is 9.85. The Kier molecular flexibility index (Phi) is 25.0. The first-order valence-electron chi connectivity index (χ1n) is 26.5. The third-order valence-electron chi connectivity index (χ3n) is 13.7. The van der Waals surface area contributed by atoms with Gasteiger partial charge in [-0.3, -0.25) is 52.9 Å². The number of aliphatic imine (C=N–C) groups is 1. The van der Waals surface area contributed by atoms with Gasteiger partial charge in [0.05, 0.1) is 13.5 Å². The number of ether oxygens (including phenoxy) is 1. The number of carbonyl (C=O) groups is 10. The van der Waals surface area contributed by atoms with Crippen LogP contribution in [0.5, 0.6) is 5.75 Å². The molecule has 0 bridgehead atoms. The van der Waals surface area contributed by atoms with Crippen LogP contribution >= 0.6 is 21.6 Å². The predicted molar refractivity (Wildman–Crippen MR) is 298 cm³/mol. The second-order valence-corrected chi connectivity index (χ2v) is 22.7. The maximum absolute atomic E-state index is 15.0. The van der Waals surface area contributed by atoms with Gasteiger partial charge in [-0.2, -0.15) is 0 Å². The molecular formula is C52H76N14O11S2. The lowest BCUT2D eigenvalue weighted by Crippen LogP contribution is -2.61. The van der Waals surface area contributed by atoms with Crippen molar-refractivity contribution in [3.63, 3.8) is 0 Å². The van der Waals surface area contributed by atoms with Crippen molar-refractivity contribution in [1.29, 1.82) is 0 Å². The SMILES string of the molecule is COc1ccc(CC2NC(=O)CC3(CCCCC3)SSCC(C(=O)N3CCC[C@H]3C(=O)N[C@@H](CCCN=C(N)N)C(=O)NCCN)NC(=O)[C@H](CC(N)=O)NC(=O)[C@H](CCC(N)=O)NC(=O)C(Cc3ccccc3)NC2=O)cc1. The Balaban J connectivity index is 1.53. The van der Waals surface area contributed by atoms with E-state index in [4.69, 9.17) is 33.4 Å². The maximum Gasteiger partial charge on any atom is 0.246 e. The number of methoxy groups -OCH3 is 1. The number of amides is 10. The van der Waals surface area contributed by atoms with Crippen LogP contribution in [0.3, 0.4) is 0 Å². The molecule has 3 unspecified atom stereocenters. The molecule has 2 aromatic carbocycles. The van der Waals surface area contributed by atoms with Gasteiger partial charge in [-0.05, 0) is 68.2 Å². The number of benzene rings is 2. The molecule has 3 fully saturated rings. The van der Waals surface area contributed by atoms with Crippen molar-refractivity contribution in [2.75, 3.05) is 39.0 Å². The van der Waals surface area contributed by atoms with Gasteiger partial charge in [-0.25, -0.2) is 0 Å². The fourth-order valence-electron chi connectivity index (χ4n) is 9.61. The Morgan fingerprint density at radius 2 is 1.39 bits per heavy atom. The Labute approximate surface area is 467 Å². The van der Waals surface area contributed by atoms with Gasteiger partial charge in [0.1, 0.15) is 48.0 Å². The first-order chi connectivity index (χ1) is 37.8. The predicted octanol–water partition coefficient (Wildman–Crippen LogP) is -1.86. The van der Waals surface area contributed by atoms with Crippen molar-refractivity contribution in [3.05, 3.63) is 65.7 Å². The second kappa shape index (κ2) is 31.5. The number of guanidine groups is 1. The van der Waals surface area contributed by atoms with Crippen molar-refractivity contribution in [1.82, 2.24) is 42.1 Å². The first-order valence-corrected chi connectivity index (χ1v) is 28.8. The molecule has 432 valence electrons. The van der Waals surface area contributed by atoms with Gasteiger partial charge >= 0.3 is 0 Å². The van der Waals surface area contributed by atoms with Crippen LogP contribution in [0.15, 0.2) is 59.6 Å². The summed E-state index contributed by atoms with van der Waals surface area (Å²) in [4.78, 5) is 145. The standard InChI is InChI=1S/C52H76N14O11S2/c1-77-33-16-14-32(15-17-33)27-36-46(72)63-37(26-31-10-4-2-5-11-31)47(73)61-35(18-19-41(54)67)45(71)64-38(28-42(55)68)48(74)65-39(30-78-79-52(29-43(69)60-36)20-6-3-7-21-52)50(76)66-25-9-13-40(66)49(75)62-34(44(70)58-24-22-53)12-8-23-59-51(56)57/h2,4-5,10-11,14-17,34-40H,3,6-9,12-13,18-30,53H2,1H3,(H2,54,67)(H2,55,68)(H,58,70)(H,60,69)(H,61,73)(H,62,75)(H,63,72)(H,64,71)(H,65,74)(H4,56,57,59)/t34-,35-,36?,37?,38-,39?,40-/m0/s1. The van der Waals surface area contributed by atoms with E-state index in [2.05, 4.69) is 42.2 Å². The summed E-state index contributed by atoms with van der Waals surface area (Å²) in [6.07, 6.45) is 2.91. The molecule has 1 saturated carbocycles. The van der Waals surface area contributed by atoms with Gasteiger partial charge in [0.25, 0.3) is 0 Å². The van der Waals surface area contributed by atoms with Crippen molar-refractivity contribution >= 4 is 86.6 Å². The van der Waals surface area contributed by atoms with E-state index < -0.39 is 119 Å². The van der Waals surface area contributed by atoms with Crippen LogP contribution < -0.4 is 70.6 Å². The molecule has 3 aliphatic rings. The number of rotatable bonds is 20. The van der Waals surface area contributed by atoms with Crippen LogP contribution in [0.4, 0.5) is 0 Å². The zero-order valence-electron chi connectivity index (χ0n) is 44.5. The number of likely N-dealkylation sites (tertiary alicyclic amines) is 1. The number of primary amides is 2. The van der Waals surface area contributed by atoms with Crippen LogP contribution in [-0.2, 0) is 60.8 Å². The highest BCUT2D eigenvalue weighted by Crippen LogP contribution is 2.48. The van der Waals surface area contributed by atoms with E-state index in [0.29, 0.717) is 42.6 Å². The molecule has 1 aliphatic carbocycles. The summed E-state index contributed by atoms with van der Waals surface area (Å²) in [5.74, 6) is -7.52. The molecule has 2 saturated heterocycles. The molecular weight excluding hydrogens is 1060 g/mol. The van der Waals surface area contributed by atoms with Crippen LogP contribution in [-0.4, -0.2) is 156 Å². The number of carbonyl (C=O) groups excluding carboxylic acids is 10. The van der Waals surface area contributed by atoms with E-state index in [0.717, 1.165) is 19.3 Å². The fraction of sp³-hybridized carbons (Fsp3) is 0.558. The molecule has 5 rings (SSSR count). The number of nitrogens with one attached hydrogen (secondary N) is 7. The minimum absolute atomic E-state index is 0.00159. The Morgan fingerprint density at radius 1 is 0.772 bits per heavy atom. The van der Waals surface area contributed by atoms with E-state index in [-0.39, 0.29) is 76.4 Å². The number of nitrogens with two attached hydrogens (primary N) is 5. The van der Waals surface area contributed by atoms with Crippen molar-refractivity contribution in [2.45, 2.75) is 143 Å². The number of nitrogens with zero attached hydrogens (tertiary/aromatic N) is 2. The first kappa shape index (κ1) is 62.7. The van der Waals surface area contributed by atoms with Crippen molar-refractivity contribution in [3.8, 4) is 5.75 Å². The topological polar surface area (TPSA) is 410 Å². The van der Waals surface area contributed by atoms with E-state index in [1.165, 1.54) is 33.6 Å². The summed E-state index contributed by atoms with van der Waals surface area (Å²) in [7, 11) is 4.08. The summed E-state index contributed by atoms with van der Waals surface area (Å²) in [5, 5.41) is 19.0. The Morgan fingerprint density at radius 3 is 2.03 bits per heavy atom. The van der Waals surface area contributed by atoms with Crippen LogP contribution in [0.2, 0.25) is 0 Å². The minimum Gasteiger partial charge on any atom is -0.497 e. The highest BCUT2D eigenvalue weighted by Gasteiger charge is 2.42. The molecule has 79 heavy (non-hydrogen) atoms. The number of hydrogen-bond donors (Lipinski definition) is 12. The van der Waals surface area contributed by atoms with Gasteiger partial charge in [0, 0.05) is 62.4 Å².